The third kappa shape index (κ3) is 55.3. The van der Waals surface area contributed by atoms with Crippen molar-refractivity contribution >= 4 is 11.9 Å². The van der Waals surface area contributed by atoms with Crippen molar-refractivity contribution < 1.29 is 49.3 Å². The molecule has 0 bridgehead atoms. The lowest BCUT2D eigenvalue weighted by molar-refractivity contribution is -0.305. The van der Waals surface area contributed by atoms with Crippen LogP contribution in [0.2, 0.25) is 0 Å². The minimum absolute atomic E-state index is 0.118. The van der Waals surface area contributed by atoms with Gasteiger partial charge in [-0.15, -0.1) is 0 Å². The lowest BCUT2D eigenvalue weighted by atomic mass is 9.99. The van der Waals surface area contributed by atoms with Gasteiger partial charge >= 0.3 is 5.97 Å². The molecule has 93 heavy (non-hydrogen) atoms. The summed E-state index contributed by atoms with van der Waals surface area (Å²) in [5.41, 5.74) is 0. The zero-order valence-electron chi connectivity index (χ0n) is 60.1. The molecule has 8 atom stereocenters. The highest BCUT2D eigenvalue weighted by Gasteiger charge is 2.47. The second-order valence-electron chi connectivity index (χ2n) is 26.7. The number of aliphatic hydroxyl groups excluding tert-OH is 5. The van der Waals surface area contributed by atoms with Crippen molar-refractivity contribution in [1.82, 2.24) is 5.32 Å². The lowest BCUT2D eigenvalue weighted by Crippen LogP contribution is -2.61. The number of hydrogen-bond donors (Lipinski definition) is 6. The molecule has 538 valence electrons. The number of unbranched alkanes of at least 4 members (excludes halogenated alkanes) is 39. The minimum Gasteiger partial charge on any atom is -0.454 e. The summed E-state index contributed by atoms with van der Waals surface area (Å²) in [4.78, 5) is 26.8. The maximum Gasteiger partial charge on any atom is 0.306 e. The topological polar surface area (TPSA) is 175 Å². The Morgan fingerprint density at radius 1 is 0.419 bits per heavy atom. The van der Waals surface area contributed by atoms with Crippen LogP contribution in [0.5, 0.6) is 0 Å². The van der Waals surface area contributed by atoms with E-state index >= 15 is 0 Å². The molecular formula is C82H145NO10. The first-order valence-corrected chi connectivity index (χ1v) is 39.0. The van der Waals surface area contributed by atoms with Gasteiger partial charge in [0.15, 0.2) is 12.4 Å². The van der Waals surface area contributed by atoms with E-state index in [1.807, 2.05) is 6.08 Å². The van der Waals surface area contributed by atoms with Crippen LogP contribution in [0, 0.1) is 0 Å². The Kier molecular flexibility index (Phi) is 64.5. The van der Waals surface area contributed by atoms with Crippen LogP contribution in [-0.2, 0) is 23.8 Å². The van der Waals surface area contributed by atoms with Gasteiger partial charge in [0.05, 0.1) is 25.4 Å². The highest BCUT2D eigenvalue weighted by atomic mass is 16.7. The van der Waals surface area contributed by atoms with Crippen molar-refractivity contribution in [1.29, 1.82) is 0 Å². The smallest absolute Gasteiger partial charge is 0.306 e. The van der Waals surface area contributed by atoms with Crippen molar-refractivity contribution in [2.75, 3.05) is 13.2 Å². The number of carbonyl (C=O) groups is 2. The quantitative estimate of drug-likeness (QED) is 0.0195. The fraction of sp³-hybridized carbons (Fsp3) is 0.780. The Bertz CT molecular complexity index is 1890. The molecular weight excluding hydrogens is 1160 g/mol. The van der Waals surface area contributed by atoms with Crippen LogP contribution in [0.25, 0.3) is 0 Å². The Labute approximate surface area is 571 Å². The third-order valence-corrected chi connectivity index (χ3v) is 18.0. The van der Waals surface area contributed by atoms with Crippen LogP contribution in [0.1, 0.15) is 348 Å². The highest BCUT2D eigenvalue weighted by molar-refractivity contribution is 5.80. The first-order valence-electron chi connectivity index (χ1n) is 39.0. The highest BCUT2D eigenvalue weighted by Crippen LogP contribution is 2.26. The fourth-order valence-corrected chi connectivity index (χ4v) is 11.8. The summed E-state index contributed by atoms with van der Waals surface area (Å²) < 4.78 is 17.7. The molecule has 8 unspecified atom stereocenters. The SMILES string of the molecule is CCCCC/C=C\C/C=C\C/C=C\C/C=C\CCCCCCCCCCCCC(O)C(=O)NC(COC1OC(CO)C(O)C(O)C1OC(=O)CCCCCCCCCCCCCC/C=C\C/C=C\C/C=C\CCCCC)C(O)/C=C/CCCCCCCCCCCCC. The number of nitrogens with one attached hydrogen (secondary N) is 1. The number of amides is 1. The summed E-state index contributed by atoms with van der Waals surface area (Å²) in [6, 6.07) is -1.03. The van der Waals surface area contributed by atoms with Crippen LogP contribution >= 0.6 is 0 Å². The van der Waals surface area contributed by atoms with Gasteiger partial charge in [-0.1, -0.05) is 330 Å². The molecule has 0 aliphatic carbocycles. The standard InChI is InChI=1S/C82H145NO10/c1-4-7-10-13-16-19-22-25-27-29-31-33-35-37-39-40-42-44-46-48-51-54-57-60-63-66-69-75(86)81(90)83-73(74(85)68-65-62-59-56-53-50-24-21-18-15-12-9-6-3)72-91-82-80(79(89)78(88)76(71-84)92-82)93-77(87)70-67-64-61-58-55-52-49-47-45-43-41-38-36-34-32-30-28-26-23-20-17-14-11-8-5-2/h16-17,19-20,25-28,31-34,37,39,65,68,73-76,78-80,82,84-86,88-89H,4-15,18,21-24,29-30,35-36,38,40-64,66-67,69-72H2,1-3H3,(H,83,90)/b19-16-,20-17-,27-25-,28-26-,33-31-,34-32-,39-37-,68-65+. The molecule has 11 nitrogen and oxygen atoms in total. The largest absolute Gasteiger partial charge is 0.454 e. The number of hydrogen-bond acceptors (Lipinski definition) is 10. The number of rotatable bonds is 67. The van der Waals surface area contributed by atoms with Gasteiger partial charge in [-0.05, 0) is 109 Å². The summed E-state index contributed by atoms with van der Waals surface area (Å²) >= 11 is 0. The van der Waals surface area contributed by atoms with Gasteiger partial charge in [-0.3, -0.25) is 9.59 Å². The van der Waals surface area contributed by atoms with E-state index in [0.717, 1.165) is 96.3 Å². The van der Waals surface area contributed by atoms with Crippen molar-refractivity contribution in [3.8, 4) is 0 Å². The van der Waals surface area contributed by atoms with E-state index in [1.54, 1.807) is 6.08 Å². The van der Waals surface area contributed by atoms with Gasteiger partial charge in [0, 0.05) is 6.42 Å². The molecule has 0 aromatic rings. The van der Waals surface area contributed by atoms with Gasteiger partial charge < -0.3 is 45.1 Å². The lowest BCUT2D eigenvalue weighted by Gasteiger charge is -2.41. The zero-order chi connectivity index (χ0) is 67.4. The Morgan fingerprint density at radius 3 is 1.13 bits per heavy atom. The molecule has 0 aromatic carbocycles. The second-order valence-corrected chi connectivity index (χ2v) is 26.7. The molecule has 1 rings (SSSR count). The van der Waals surface area contributed by atoms with E-state index < -0.39 is 67.4 Å². The molecule has 6 N–H and O–H groups in total. The van der Waals surface area contributed by atoms with Crippen LogP contribution < -0.4 is 5.32 Å². The monoisotopic (exact) mass is 1300 g/mol. The molecule has 1 aliphatic rings. The van der Waals surface area contributed by atoms with Gasteiger partial charge in [-0.2, -0.15) is 0 Å². The predicted octanol–water partition coefficient (Wildman–Crippen LogP) is 21.0. The Morgan fingerprint density at radius 2 is 0.742 bits per heavy atom. The summed E-state index contributed by atoms with van der Waals surface area (Å²) in [5.74, 6) is -1.19. The maximum atomic E-state index is 13.5. The number of esters is 1. The van der Waals surface area contributed by atoms with Crippen LogP contribution in [0.15, 0.2) is 97.2 Å². The van der Waals surface area contributed by atoms with Crippen LogP contribution in [0.3, 0.4) is 0 Å². The molecule has 1 amide bonds. The van der Waals surface area contributed by atoms with Gasteiger partial charge in [-0.25, -0.2) is 0 Å². The number of carbonyl (C=O) groups excluding carboxylic acids is 2. The van der Waals surface area contributed by atoms with E-state index in [4.69, 9.17) is 14.2 Å². The molecule has 1 fully saturated rings. The zero-order valence-corrected chi connectivity index (χ0v) is 60.1. The van der Waals surface area contributed by atoms with Gasteiger partial charge in [0.1, 0.15) is 24.4 Å². The third-order valence-electron chi connectivity index (χ3n) is 18.0. The molecule has 0 saturated carbocycles. The van der Waals surface area contributed by atoms with Crippen molar-refractivity contribution in [3.05, 3.63) is 97.2 Å². The summed E-state index contributed by atoms with van der Waals surface area (Å²) in [7, 11) is 0. The average molecular weight is 1310 g/mol. The van der Waals surface area contributed by atoms with Crippen molar-refractivity contribution in [2.45, 2.75) is 397 Å². The maximum absolute atomic E-state index is 13.5. The van der Waals surface area contributed by atoms with E-state index in [2.05, 4.69) is 111 Å². The normalized spacial score (nSPS) is 18.4. The Hall–Kier alpha value is -3.42. The summed E-state index contributed by atoms with van der Waals surface area (Å²) in [5, 5.41) is 57.4. The first-order chi connectivity index (χ1) is 45.7. The molecule has 11 heteroatoms. The molecule has 1 aliphatic heterocycles. The van der Waals surface area contributed by atoms with E-state index in [1.165, 1.54) is 205 Å². The van der Waals surface area contributed by atoms with E-state index in [-0.39, 0.29) is 19.4 Å². The molecule has 0 spiro atoms. The predicted molar refractivity (Wildman–Crippen MR) is 393 cm³/mol. The second kappa shape index (κ2) is 68.5. The summed E-state index contributed by atoms with van der Waals surface area (Å²) in [6.45, 7) is 5.78. The number of allylic oxidation sites excluding steroid dienone is 15. The number of ether oxygens (including phenoxy) is 3. The molecule has 0 aromatic heterocycles. The number of aliphatic hydroxyl groups is 5. The average Bonchev–Trinajstić information content (AvgIpc) is 0.910. The van der Waals surface area contributed by atoms with Crippen LogP contribution in [-0.4, -0.2) is 99.6 Å². The van der Waals surface area contributed by atoms with Crippen LogP contribution in [0.4, 0.5) is 0 Å². The molecule has 1 saturated heterocycles. The van der Waals surface area contributed by atoms with E-state index in [0.29, 0.717) is 12.8 Å². The summed E-state index contributed by atoms with van der Waals surface area (Å²) in [6.07, 6.45) is 83.0. The molecule has 1 heterocycles. The fourth-order valence-electron chi connectivity index (χ4n) is 11.8. The van der Waals surface area contributed by atoms with Gasteiger partial charge in [0.2, 0.25) is 5.91 Å². The first kappa shape index (κ1) is 87.6. The van der Waals surface area contributed by atoms with Gasteiger partial charge in [0.25, 0.3) is 0 Å². The van der Waals surface area contributed by atoms with Crippen molar-refractivity contribution in [3.63, 3.8) is 0 Å². The minimum atomic E-state index is -1.62. The van der Waals surface area contributed by atoms with Crippen molar-refractivity contribution in [2.24, 2.45) is 0 Å². The molecule has 0 radical (unpaired) electrons. The van der Waals surface area contributed by atoms with E-state index in [9.17, 15) is 35.1 Å². The Balaban J connectivity index is 2.54.